The van der Waals surface area contributed by atoms with Crippen LogP contribution in [0.5, 0.6) is 0 Å². The lowest BCUT2D eigenvalue weighted by molar-refractivity contribution is 0.0449. The first-order chi connectivity index (χ1) is 12.0. The molecule has 1 aliphatic heterocycles. The van der Waals surface area contributed by atoms with Crippen LogP contribution in [0.4, 0.5) is 10.1 Å². The van der Waals surface area contributed by atoms with Crippen LogP contribution in [0.25, 0.3) is 0 Å². The van der Waals surface area contributed by atoms with Gasteiger partial charge in [0.05, 0.1) is 11.3 Å². The number of halogens is 1. The average molecular weight is 349 g/mol. The lowest BCUT2D eigenvalue weighted by Crippen LogP contribution is -2.46. The van der Waals surface area contributed by atoms with Gasteiger partial charge >= 0.3 is 0 Å². The van der Waals surface area contributed by atoms with Gasteiger partial charge in [0.2, 0.25) is 0 Å². The van der Waals surface area contributed by atoms with Gasteiger partial charge < -0.3 is 20.2 Å². The van der Waals surface area contributed by atoms with E-state index in [0.29, 0.717) is 24.1 Å². The molecule has 6 heteroatoms. The number of carbonyl (C=O) groups is 1. The molecule has 138 valence electrons. The zero-order valence-electron chi connectivity index (χ0n) is 14.9. The fraction of sp³-hybridized carbons (Fsp3) is 0.632. The number of nitrogens with zero attached hydrogens (tertiary/aromatic N) is 2. The van der Waals surface area contributed by atoms with Crippen molar-refractivity contribution in [2.45, 2.75) is 38.2 Å². The molecule has 2 fully saturated rings. The molecule has 2 aliphatic rings. The van der Waals surface area contributed by atoms with Crippen LogP contribution in [-0.2, 0) is 0 Å². The predicted octanol–water partition coefficient (Wildman–Crippen LogP) is 2.00. The van der Waals surface area contributed by atoms with E-state index < -0.39 is 5.60 Å². The molecule has 0 spiro atoms. The maximum atomic E-state index is 14.5. The number of piperazine rings is 1. The van der Waals surface area contributed by atoms with Crippen molar-refractivity contribution >= 4 is 11.6 Å². The quantitative estimate of drug-likeness (QED) is 0.854. The highest BCUT2D eigenvalue weighted by molar-refractivity contribution is 5.94. The molecule has 1 saturated heterocycles. The van der Waals surface area contributed by atoms with Gasteiger partial charge in [-0.3, -0.25) is 4.79 Å². The molecule has 0 bridgehead atoms. The molecule has 0 atom stereocenters. The molecule has 1 saturated carbocycles. The van der Waals surface area contributed by atoms with Crippen LogP contribution >= 0.6 is 0 Å². The molecule has 0 unspecified atom stereocenters. The van der Waals surface area contributed by atoms with Gasteiger partial charge in [0.1, 0.15) is 5.82 Å². The fourth-order valence-corrected chi connectivity index (χ4v) is 3.77. The lowest BCUT2D eigenvalue weighted by atomic mass is 10.0. The zero-order valence-corrected chi connectivity index (χ0v) is 14.9. The average Bonchev–Trinajstić information content (AvgIpc) is 3.07. The Morgan fingerprint density at radius 2 is 1.92 bits per heavy atom. The number of benzene rings is 1. The third-order valence-corrected chi connectivity index (χ3v) is 5.48. The second-order valence-electron chi connectivity index (χ2n) is 7.20. The molecule has 1 aliphatic carbocycles. The molecule has 1 heterocycles. The molecule has 0 radical (unpaired) electrons. The summed E-state index contributed by atoms with van der Waals surface area (Å²) in [6.07, 6.45) is 3.40. The van der Waals surface area contributed by atoms with Crippen LogP contribution in [0.3, 0.4) is 0 Å². The molecule has 25 heavy (non-hydrogen) atoms. The largest absolute Gasteiger partial charge is 0.388 e. The first-order valence-corrected chi connectivity index (χ1v) is 9.28. The number of hydrogen-bond donors (Lipinski definition) is 2. The highest BCUT2D eigenvalue weighted by Gasteiger charge is 2.31. The predicted molar refractivity (Wildman–Crippen MR) is 96.5 cm³/mol. The van der Waals surface area contributed by atoms with Gasteiger partial charge in [0.15, 0.2) is 0 Å². The van der Waals surface area contributed by atoms with Crippen LogP contribution in [-0.4, -0.2) is 60.8 Å². The Bertz CT molecular complexity index is 609. The maximum absolute atomic E-state index is 14.5. The number of nitrogens with one attached hydrogen (secondary N) is 1. The van der Waals surface area contributed by atoms with Gasteiger partial charge in [-0.15, -0.1) is 0 Å². The monoisotopic (exact) mass is 349 g/mol. The van der Waals surface area contributed by atoms with Crippen LogP contribution in [0.1, 0.15) is 43.0 Å². The number of amides is 1. The van der Waals surface area contributed by atoms with Crippen molar-refractivity contribution in [2.75, 3.05) is 44.2 Å². The van der Waals surface area contributed by atoms with E-state index in [9.17, 15) is 14.3 Å². The highest BCUT2D eigenvalue weighted by atomic mass is 19.1. The molecular weight excluding hydrogens is 321 g/mol. The molecule has 3 rings (SSSR count). The van der Waals surface area contributed by atoms with E-state index in [1.807, 2.05) is 4.90 Å². The Morgan fingerprint density at radius 3 is 2.52 bits per heavy atom. The standard InChI is InChI=1S/C19H28FN3O2/c1-2-22-9-11-23(12-10-22)17-6-5-15(13-16(17)20)18(24)21-14-19(25)7-3-4-8-19/h5-6,13,25H,2-4,7-12,14H2,1H3,(H,21,24). The number of likely N-dealkylation sites (N-methyl/N-ethyl adjacent to an activating group) is 1. The van der Waals surface area contributed by atoms with E-state index in [4.69, 9.17) is 0 Å². The lowest BCUT2D eigenvalue weighted by Gasteiger charge is -2.35. The second-order valence-corrected chi connectivity index (χ2v) is 7.20. The van der Waals surface area contributed by atoms with Crippen LogP contribution in [0.2, 0.25) is 0 Å². The Balaban J connectivity index is 1.60. The molecule has 2 N–H and O–H groups in total. The smallest absolute Gasteiger partial charge is 0.251 e. The first kappa shape index (κ1) is 18.1. The molecule has 1 amide bonds. The summed E-state index contributed by atoms with van der Waals surface area (Å²) in [5, 5.41) is 13.0. The summed E-state index contributed by atoms with van der Waals surface area (Å²) < 4.78 is 14.5. The SMILES string of the molecule is CCN1CCN(c2ccc(C(=O)NCC3(O)CCCC3)cc2F)CC1. The Morgan fingerprint density at radius 1 is 1.24 bits per heavy atom. The summed E-state index contributed by atoms with van der Waals surface area (Å²) in [4.78, 5) is 16.6. The summed E-state index contributed by atoms with van der Waals surface area (Å²) in [6.45, 7) is 6.82. The Labute approximate surface area is 148 Å². The van der Waals surface area contributed by atoms with Crippen molar-refractivity contribution < 1.29 is 14.3 Å². The number of rotatable bonds is 5. The third-order valence-electron chi connectivity index (χ3n) is 5.48. The van der Waals surface area contributed by atoms with Gasteiger partial charge in [-0.25, -0.2) is 4.39 Å². The van der Waals surface area contributed by atoms with Crippen molar-refractivity contribution in [3.05, 3.63) is 29.6 Å². The van der Waals surface area contributed by atoms with Crippen LogP contribution in [0.15, 0.2) is 18.2 Å². The van der Waals surface area contributed by atoms with Crippen molar-refractivity contribution in [3.63, 3.8) is 0 Å². The van der Waals surface area contributed by atoms with Crippen molar-refractivity contribution in [3.8, 4) is 0 Å². The summed E-state index contributed by atoms with van der Waals surface area (Å²) in [7, 11) is 0. The third kappa shape index (κ3) is 4.30. The number of anilines is 1. The van der Waals surface area contributed by atoms with Gasteiger partial charge in [-0.2, -0.15) is 0 Å². The Kier molecular flexibility index (Phi) is 5.59. The Hall–Kier alpha value is -1.66. The van der Waals surface area contributed by atoms with E-state index >= 15 is 0 Å². The molecular formula is C19H28FN3O2. The van der Waals surface area contributed by atoms with Crippen molar-refractivity contribution in [2.24, 2.45) is 0 Å². The minimum atomic E-state index is -0.799. The molecule has 1 aromatic carbocycles. The fourth-order valence-electron chi connectivity index (χ4n) is 3.77. The normalized spacial score (nSPS) is 20.7. The zero-order chi connectivity index (χ0) is 17.9. The highest BCUT2D eigenvalue weighted by Crippen LogP contribution is 2.28. The van der Waals surface area contributed by atoms with Crippen molar-refractivity contribution in [1.29, 1.82) is 0 Å². The number of carbonyl (C=O) groups excluding carboxylic acids is 1. The maximum Gasteiger partial charge on any atom is 0.251 e. The number of hydrogen-bond acceptors (Lipinski definition) is 4. The van der Waals surface area contributed by atoms with Gasteiger partial charge in [-0.05, 0) is 37.6 Å². The number of aliphatic hydroxyl groups is 1. The van der Waals surface area contributed by atoms with Gasteiger partial charge in [0.25, 0.3) is 5.91 Å². The first-order valence-electron chi connectivity index (χ1n) is 9.28. The van der Waals surface area contributed by atoms with Crippen molar-refractivity contribution in [1.82, 2.24) is 10.2 Å². The van der Waals surface area contributed by atoms with E-state index in [2.05, 4.69) is 17.1 Å². The van der Waals surface area contributed by atoms with Gasteiger partial charge in [-0.1, -0.05) is 19.8 Å². The topological polar surface area (TPSA) is 55.8 Å². The molecule has 5 nitrogen and oxygen atoms in total. The minimum Gasteiger partial charge on any atom is -0.388 e. The second kappa shape index (κ2) is 7.70. The van der Waals surface area contributed by atoms with Crippen LogP contribution in [0, 0.1) is 5.82 Å². The molecule has 0 aromatic heterocycles. The summed E-state index contributed by atoms with van der Waals surface area (Å²) in [6, 6.07) is 4.66. The van der Waals surface area contributed by atoms with E-state index in [0.717, 1.165) is 45.6 Å². The van der Waals surface area contributed by atoms with E-state index in [-0.39, 0.29) is 18.3 Å². The summed E-state index contributed by atoms with van der Waals surface area (Å²) in [5.41, 5.74) is 0.0596. The van der Waals surface area contributed by atoms with Gasteiger partial charge in [0, 0.05) is 38.3 Å². The van der Waals surface area contributed by atoms with Crippen LogP contribution < -0.4 is 10.2 Å². The molecule has 1 aromatic rings. The van der Waals surface area contributed by atoms with E-state index in [1.165, 1.54) is 6.07 Å². The minimum absolute atomic E-state index is 0.230. The van der Waals surface area contributed by atoms with E-state index in [1.54, 1.807) is 12.1 Å². The summed E-state index contributed by atoms with van der Waals surface area (Å²) in [5.74, 6) is -0.696. The summed E-state index contributed by atoms with van der Waals surface area (Å²) >= 11 is 0.